The standard InChI is InChI=1S/C30H30N4O4S/c1-17-4-2-3-5-23(17)27-24(28(38-33-27)18-6-7-18)15-37-22-12-20-9-10-21(13-22)34(20)30-32-26(16-39-30)19-8-11-25(29(35)36)31-14-19/h2-5,8,11,14,16,18,20-22H,6-7,9-10,12-13,15H2,1H3,(H,35,36)/t20-,21+,22?. The molecule has 1 unspecified atom stereocenters. The number of aromatic nitrogens is 3. The number of carboxylic acid groups (broad SMARTS) is 1. The molecule has 39 heavy (non-hydrogen) atoms. The van der Waals surface area contributed by atoms with Crippen LogP contribution in [0.25, 0.3) is 22.5 Å². The van der Waals surface area contributed by atoms with Crippen molar-refractivity contribution in [2.45, 2.75) is 76.2 Å². The second kappa shape index (κ2) is 9.88. The SMILES string of the molecule is Cc1ccccc1-c1noc(C2CC2)c1COC1C[C@H]2CC[C@@H](C1)N2c1nc(-c2ccc(C(=O)O)nc2)cs1. The summed E-state index contributed by atoms with van der Waals surface area (Å²) in [5, 5.41) is 16.7. The van der Waals surface area contributed by atoms with Crippen LogP contribution in [0.3, 0.4) is 0 Å². The molecule has 0 spiro atoms. The number of benzene rings is 1. The summed E-state index contributed by atoms with van der Waals surface area (Å²) in [5.41, 5.74) is 6.06. The van der Waals surface area contributed by atoms with Crippen LogP contribution in [0.2, 0.25) is 0 Å². The van der Waals surface area contributed by atoms with E-state index in [1.54, 1.807) is 23.6 Å². The molecule has 8 nitrogen and oxygen atoms in total. The van der Waals surface area contributed by atoms with Crippen molar-refractivity contribution in [2.75, 3.05) is 4.90 Å². The predicted octanol–water partition coefficient (Wildman–Crippen LogP) is 6.46. The maximum Gasteiger partial charge on any atom is 0.354 e. The van der Waals surface area contributed by atoms with Crippen LogP contribution in [0, 0.1) is 6.92 Å². The Morgan fingerprint density at radius 2 is 1.92 bits per heavy atom. The molecule has 4 aromatic rings. The number of aryl methyl sites for hydroxylation is 1. The molecule has 0 radical (unpaired) electrons. The lowest BCUT2D eigenvalue weighted by Gasteiger charge is -2.38. The highest BCUT2D eigenvalue weighted by Gasteiger charge is 2.43. The average molecular weight is 543 g/mol. The number of thiazole rings is 1. The number of fused-ring (bicyclic) bond motifs is 2. The first-order chi connectivity index (χ1) is 19.0. The lowest BCUT2D eigenvalue weighted by Crippen LogP contribution is -2.45. The summed E-state index contributed by atoms with van der Waals surface area (Å²) in [6.07, 6.45) is 8.34. The van der Waals surface area contributed by atoms with Crippen molar-refractivity contribution in [3.8, 4) is 22.5 Å². The fourth-order valence-electron chi connectivity index (χ4n) is 6.14. The normalized spacial score (nSPS) is 22.4. The molecule has 3 fully saturated rings. The molecule has 3 aliphatic rings. The summed E-state index contributed by atoms with van der Waals surface area (Å²) in [6, 6.07) is 12.4. The van der Waals surface area contributed by atoms with Crippen molar-refractivity contribution < 1.29 is 19.2 Å². The second-order valence-corrected chi connectivity index (χ2v) is 11.7. The van der Waals surface area contributed by atoms with Gasteiger partial charge in [-0.3, -0.25) is 0 Å². The van der Waals surface area contributed by atoms with Crippen LogP contribution in [0.15, 0.2) is 52.5 Å². The van der Waals surface area contributed by atoms with Gasteiger partial charge in [0.15, 0.2) is 5.13 Å². The molecule has 2 saturated heterocycles. The van der Waals surface area contributed by atoms with Crippen molar-refractivity contribution in [2.24, 2.45) is 0 Å². The molecular formula is C30H30N4O4S. The van der Waals surface area contributed by atoms with Gasteiger partial charge < -0.3 is 19.3 Å². The summed E-state index contributed by atoms with van der Waals surface area (Å²) in [6.45, 7) is 2.65. The van der Waals surface area contributed by atoms with Gasteiger partial charge in [0.1, 0.15) is 17.1 Å². The molecule has 7 rings (SSSR count). The molecule has 1 aromatic carbocycles. The van der Waals surface area contributed by atoms with Crippen LogP contribution in [-0.4, -0.2) is 44.4 Å². The van der Waals surface area contributed by atoms with Crippen molar-refractivity contribution in [1.82, 2.24) is 15.1 Å². The minimum Gasteiger partial charge on any atom is -0.477 e. The molecule has 5 heterocycles. The second-order valence-electron chi connectivity index (χ2n) is 10.9. The van der Waals surface area contributed by atoms with Gasteiger partial charge in [-0.2, -0.15) is 0 Å². The average Bonchev–Trinajstić information content (AvgIpc) is 3.41. The molecule has 9 heteroatoms. The summed E-state index contributed by atoms with van der Waals surface area (Å²) in [7, 11) is 0. The minimum atomic E-state index is -1.03. The predicted molar refractivity (Wildman–Crippen MR) is 148 cm³/mol. The van der Waals surface area contributed by atoms with E-state index in [1.807, 2.05) is 5.38 Å². The van der Waals surface area contributed by atoms with E-state index in [1.165, 1.54) is 11.6 Å². The van der Waals surface area contributed by atoms with E-state index < -0.39 is 5.97 Å². The van der Waals surface area contributed by atoms with Crippen LogP contribution in [-0.2, 0) is 11.3 Å². The van der Waals surface area contributed by atoms with Crippen molar-refractivity contribution in [1.29, 1.82) is 0 Å². The van der Waals surface area contributed by atoms with Gasteiger partial charge in [-0.25, -0.2) is 14.8 Å². The van der Waals surface area contributed by atoms with Crippen LogP contribution in [0.5, 0.6) is 0 Å². The zero-order valence-electron chi connectivity index (χ0n) is 21.7. The van der Waals surface area contributed by atoms with Gasteiger partial charge in [0, 0.05) is 46.3 Å². The van der Waals surface area contributed by atoms with E-state index in [-0.39, 0.29) is 11.8 Å². The number of carbonyl (C=O) groups is 1. The Bertz CT molecular complexity index is 1500. The van der Waals surface area contributed by atoms with Crippen LogP contribution in [0.1, 0.15) is 71.8 Å². The number of rotatable bonds is 8. The maximum absolute atomic E-state index is 11.1. The van der Waals surface area contributed by atoms with E-state index in [2.05, 4.69) is 46.2 Å². The van der Waals surface area contributed by atoms with Gasteiger partial charge in [0.05, 0.1) is 18.4 Å². The number of carboxylic acids is 1. The summed E-state index contributed by atoms with van der Waals surface area (Å²) in [5.74, 6) is 0.456. The maximum atomic E-state index is 11.1. The first-order valence-electron chi connectivity index (χ1n) is 13.6. The van der Waals surface area contributed by atoms with Gasteiger partial charge in [0.2, 0.25) is 0 Å². The number of pyridine rings is 1. The summed E-state index contributed by atoms with van der Waals surface area (Å²) < 4.78 is 12.5. The fraction of sp³-hybridized carbons (Fsp3) is 0.400. The summed E-state index contributed by atoms with van der Waals surface area (Å²) in [4.78, 5) is 22.6. The van der Waals surface area contributed by atoms with E-state index in [9.17, 15) is 4.79 Å². The zero-order chi connectivity index (χ0) is 26.5. The quantitative estimate of drug-likeness (QED) is 0.271. The Balaban J connectivity index is 1.05. The molecule has 3 atom stereocenters. The van der Waals surface area contributed by atoms with Gasteiger partial charge >= 0.3 is 5.97 Å². The molecule has 2 bridgehead atoms. The zero-order valence-corrected chi connectivity index (χ0v) is 22.6. The van der Waals surface area contributed by atoms with Crippen molar-refractivity contribution >= 4 is 22.4 Å². The number of anilines is 1. The number of aromatic carboxylic acids is 1. The van der Waals surface area contributed by atoms with Gasteiger partial charge in [-0.05, 0) is 63.1 Å². The fourth-order valence-corrected chi connectivity index (χ4v) is 7.12. The van der Waals surface area contributed by atoms with Crippen LogP contribution < -0.4 is 4.90 Å². The summed E-state index contributed by atoms with van der Waals surface area (Å²) >= 11 is 1.64. The number of nitrogens with zero attached hydrogens (tertiary/aromatic N) is 4. The smallest absolute Gasteiger partial charge is 0.354 e. The van der Waals surface area contributed by atoms with E-state index in [4.69, 9.17) is 19.4 Å². The van der Waals surface area contributed by atoms with E-state index in [0.717, 1.165) is 77.5 Å². The first-order valence-corrected chi connectivity index (χ1v) is 14.5. The third kappa shape index (κ3) is 4.63. The lowest BCUT2D eigenvalue weighted by molar-refractivity contribution is 0.0147. The van der Waals surface area contributed by atoms with Crippen LogP contribution >= 0.6 is 11.3 Å². The molecule has 200 valence electrons. The first kappa shape index (κ1) is 24.5. The number of piperidine rings is 1. The molecule has 1 saturated carbocycles. The topological polar surface area (TPSA) is 102 Å². The molecule has 0 amide bonds. The highest BCUT2D eigenvalue weighted by atomic mass is 32.1. The number of hydrogen-bond acceptors (Lipinski definition) is 8. The molecule has 2 aliphatic heterocycles. The van der Waals surface area contributed by atoms with Gasteiger partial charge in [-0.15, -0.1) is 11.3 Å². The Hall–Kier alpha value is -3.56. The van der Waals surface area contributed by atoms with E-state index in [0.29, 0.717) is 24.6 Å². The monoisotopic (exact) mass is 542 g/mol. The lowest BCUT2D eigenvalue weighted by atomic mass is 9.99. The highest BCUT2D eigenvalue weighted by Crippen LogP contribution is 2.46. The minimum absolute atomic E-state index is 0.0378. The Morgan fingerprint density at radius 3 is 2.62 bits per heavy atom. The van der Waals surface area contributed by atoms with Gasteiger partial charge in [0.25, 0.3) is 0 Å². The van der Waals surface area contributed by atoms with Crippen molar-refractivity contribution in [3.05, 3.63) is 70.6 Å². The highest BCUT2D eigenvalue weighted by molar-refractivity contribution is 7.14. The molecular weight excluding hydrogens is 512 g/mol. The largest absolute Gasteiger partial charge is 0.477 e. The Morgan fingerprint density at radius 1 is 1.13 bits per heavy atom. The molecule has 3 aromatic heterocycles. The van der Waals surface area contributed by atoms with Crippen LogP contribution in [0.4, 0.5) is 5.13 Å². The Labute approximate surface area is 230 Å². The molecule has 1 N–H and O–H groups in total. The number of hydrogen-bond donors (Lipinski definition) is 1. The Kier molecular flexibility index (Phi) is 6.20. The third-order valence-corrected chi connectivity index (χ3v) is 9.17. The van der Waals surface area contributed by atoms with E-state index >= 15 is 0 Å². The molecule has 1 aliphatic carbocycles. The van der Waals surface area contributed by atoms with Crippen molar-refractivity contribution in [3.63, 3.8) is 0 Å². The number of ether oxygens (including phenoxy) is 1. The third-order valence-electron chi connectivity index (χ3n) is 8.31. The van der Waals surface area contributed by atoms with Gasteiger partial charge in [-0.1, -0.05) is 29.4 Å².